The van der Waals surface area contributed by atoms with Crippen molar-refractivity contribution in [2.24, 2.45) is 0 Å². The molecule has 0 bridgehead atoms. The Morgan fingerprint density at radius 2 is 1.60 bits per heavy atom. The molecule has 0 atom stereocenters. The summed E-state index contributed by atoms with van der Waals surface area (Å²) in [5.74, 6) is -0.515. The summed E-state index contributed by atoms with van der Waals surface area (Å²) < 4.78 is 5.58. The third kappa shape index (κ3) is 6.42. The first kappa shape index (κ1) is 24.3. The molecule has 0 spiro atoms. The SMILES string of the molecule is O=C(O)CSCCNC(=O)Cc1cccc(NC(=O)OCC2c3ccccc3-c3ccccc32)c1. The van der Waals surface area contributed by atoms with Crippen molar-refractivity contribution in [3.63, 3.8) is 0 Å². The van der Waals surface area contributed by atoms with Gasteiger partial charge in [0.2, 0.25) is 5.91 Å². The van der Waals surface area contributed by atoms with Crippen molar-refractivity contribution in [3.05, 3.63) is 89.5 Å². The van der Waals surface area contributed by atoms with Gasteiger partial charge in [0.05, 0.1) is 12.2 Å². The van der Waals surface area contributed by atoms with E-state index in [9.17, 15) is 14.4 Å². The van der Waals surface area contributed by atoms with Crippen LogP contribution in [-0.4, -0.2) is 47.7 Å². The number of anilines is 1. The van der Waals surface area contributed by atoms with Gasteiger partial charge in [0.25, 0.3) is 0 Å². The van der Waals surface area contributed by atoms with Crippen molar-refractivity contribution in [1.29, 1.82) is 0 Å². The van der Waals surface area contributed by atoms with Crippen LogP contribution in [0, 0.1) is 0 Å². The summed E-state index contributed by atoms with van der Waals surface area (Å²) in [7, 11) is 0. The number of ether oxygens (including phenoxy) is 1. The third-order valence-corrected chi connectivity index (χ3v) is 6.62. The van der Waals surface area contributed by atoms with Crippen LogP contribution in [0.2, 0.25) is 0 Å². The molecular formula is C27H26N2O5S. The fourth-order valence-electron chi connectivity index (χ4n) is 4.18. The molecule has 0 unspecified atom stereocenters. The van der Waals surface area contributed by atoms with Gasteiger partial charge in [-0.2, -0.15) is 0 Å². The first-order valence-electron chi connectivity index (χ1n) is 11.3. The number of aliphatic carboxylic acids is 1. The van der Waals surface area contributed by atoms with Gasteiger partial charge < -0.3 is 15.2 Å². The number of nitrogens with one attached hydrogen (secondary N) is 2. The van der Waals surface area contributed by atoms with Crippen molar-refractivity contribution < 1.29 is 24.2 Å². The van der Waals surface area contributed by atoms with Crippen molar-refractivity contribution in [2.45, 2.75) is 12.3 Å². The van der Waals surface area contributed by atoms with Gasteiger partial charge in [-0.1, -0.05) is 60.7 Å². The molecule has 7 nitrogen and oxygen atoms in total. The highest BCUT2D eigenvalue weighted by molar-refractivity contribution is 7.99. The molecule has 0 aliphatic heterocycles. The standard InChI is InChI=1S/C27H26N2O5S/c30-25(28-12-13-35-17-26(31)32)15-18-6-5-7-19(14-18)29-27(33)34-16-24-22-10-3-1-8-20(22)21-9-2-4-11-23(21)24/h1-11,14,24H,12-13,15-17H2,(H,28,30)(H,29,33)(H,31,32). The zero-order chi connectivity index (χ0) is 24.6. The van der Waals surface area contributed by atoms with E-state index in [1.165, 1.54) is 22.9 Å². The highest BCUT2D eigenvalue weighted by Crippen LogP contribution is 2.44. The van der Waals surface area contributed by atoms with E-state index < -0.39 is 12.1 Å². The topological polar surface area (TPSA) is 105 Å². The summed E-state index contributed by atoms with van der Waals surface area (Å²) >= 11 is 1.25. The Kier molecular flexibility index (Phi) is 8.05. The van der Waals surface area contributed by atoms with Crippen LogP contribution in [0.15, 0.2) is 72.8 Å². The smallest absolute Gasteiger partial charge is 0.411 e. The van der Waals surface area contributed by atoms with Gasteiger partial charge in [0.1, 0.15) is 6.61 Å². The van der Waals surface area contributed by atoms with Crippen molar-refractivity contribution >= 4 is 35.4 Å². The van der Waals surface area contributed by atoms with E-state index in [1.54, 1.807) is 18.2 Å². The summed E-state index contributed by atoms with van der Waals surface area (Å²) in [6.45, 7) is 0.621. The minimum Gasteiger partial charge on any atom is -0.481 e. The lowest BCUT2D eigenvalue weighted by molar-refractivity contribution is -0.133. The largest absolute Gasteiger partial charge is 0.481 e. The molecule has 0 saturated carbocycles. The van der Waals surface area contributed by atoms with Crippen LogP contribution in [-0.2, 0) is 20.7 Å². The lowest BCUT2D eigenvalue weighted by Crippen LogP contribution is -2.27. The van der Waals surface area contributed by atoms with Crippen LogP contribution < -0.4 is 10.6 Å². The molecule has 0 radical (unpaired) electrons. The monoisotopic (exact) mass is 490 g/mol. The normalized spacial score (nSPS) is 11.9. The Morgan fingerprint density at radius 1 is 0.914 bits per heavy atom. The van der Waals surface area contributed by atoms with Gasteiger partial charge in [0, 0.05) is 23.9 Å². The van der Waals surface area contributed by atoms with E-state index in [2.05, 4.69) is 34.9 Å². The molecule has 0 heterocycles. The van der Waals surface area contributed by atoms with Crippen molar-refractivity contribution in [3.8, 4) is 11.1 Å². The Hall–Kier alpha value is -3.78. The molecule has 180 valence electrons. The van der Waals surface area contributed by atoms with Crippen LogP contribution in [0.1, 0.15) is 22.6 Å². The number of hydrogen-bond acceptors (Lipinski definition) is 5. The minimum absolute atomic E-state index is 0.0133. The maximum Gasteiger partial charge on any atom is 0.411 e. The van der Waals surface area contributed by atoms with Crippen molar-refractivity contribution in [2.75, 3.05) is 30.0 Å². The molecule has 8 heteroatoms. The zero-order valence-corrected chi connectivity index (χ0v) is 19.8. The number of benzene rings is 3. The number of fused-ring (bicyclic) bond motifs is 3. The van der Waals surface area contributed by atoms with E-state index in [0.29, 0.717) is 18.0 Å². The molecule has 3 aromatic rings. The molecule has 1 aliphatic rings. The predicted octanol–water partition coefficient (Wildman–Crippen LogP) is 4.52. The number of thioether (sulfide) groups is 1. The summed E-state index contributed by atoms with van der Waals surface area (Å²) in [4.78, 5) is 35.2. The van der Waals surface area contributed by atoms with Crippen LogP contribution in [0.4, 0.5) is 10.5 Å². The fraction of sp³-hybridized carbons (Fsp3) is 0.222. The Bertz CT molecular complexity index is 1180. The molecule has 1 aliphatic carbocycles. The molecule has 35 heavy (non-hydrogen) atoms. The van der Waals surface area contributed by atoms with E-state index >= 15 is 0 Å². The molecule has 4 rings (SSSR count). The van der Waals surface area contributed by atoms with Gasteiger partial charge in [-0.05, 0) is 39.9 Å². The molecule has 0 saturated heterocycles. The Morgan fingerprint density at radius 3 is 2.29 bits per heavy atom. The number of carbonyl (C=O) groups is 3. The third-order valence-electron chi connectivity index (χ3n) is 5.68. The maximum atomic E-state index is 12.5. The van der Waals surface area contributed by atoms with Gasteiger partial charge in [-0.15, -0.1) is 11.8 Å². The number of carboxylic acids is 1. The second-order valence-corrected chi connectivity index (χ2v) is 9.23. The second kappa shape index (κ2) is 11.6. The molecular weight excluding hydrogens is 464 g/mol. The maximum absolute atomic E-state index is 12.5. The molecule has 3 aromatic carbocycles. The highest BCUT2D eigenvalue weighted by Gasteiger charge is 2.29. The van der Waals surface area contributed by atoms with Crippen LogP contribution in [0.5, 0.6) is 0 Å². The Labute approximate surface area is 207 Å². The molecule has 3 N–H and O–H groups in total. The van der Waals surface area contributed by atoms with E-state index in [4.69, 9.17) is 9.84 Å². The van der Waals surface area contributed by atoms with E-state index in [0.717, 1.165) is 16.7 Å². The number of amides is 2. The molecule has 2 amide bonds. The average Bonchev–Trinajstić information content (AvgIpc) is 3.16. The summed E-state index contributed by atoms with van der Waals surface area (Å²) in [5, 5.41) is 14.1. The van der Waals surface area contributed by atoms with Crippen molar-refractivity contribution in [1.82, 2.24) is 5.32 Å². The second-order valence-electron chi connectivity index (χ2n) is 8.12. The highest BCUT2D eigenvalue weighted by atomic mass is 32.2. The van der Waals surface area contributed by atoms with E-state index in [1.807, 2.05) is 30.3 Å². The van der Waals surface area contributed by atoms with Gasteiger partial charge in [-0.25, -0.2) is 4.79 Å². The van der Waals surface area contributed by atoms with Gasteiger partial charge >= 0.3 is 12.1 Å². The summed E-state index contributed by atoms with van der Waals surface area (Å²) in [6, 6.07) is 23.4. The zero-order valence-electron chi connectivity index (χ0n) is 19.0. The average molecular weight is 491 g/mol. The van der Waals surface area contributed by atoms with Crippen LogP contribution >= 0.6 is 11.8 Å². The van der Waals surface area contributed by atoms with Gasteiger partial charge in [-0.3, -0.25) is 14.9 Å². The number of carbonyl (C=O) groups excluding carboxylic acids is 2. The first-order chi connectivity index (χ1) is 17.0. The summed E-state index contributed by atoms with van der Waals surface area (Å²) in [6.07, 6.45) is -0.395. The molecule has 0 aromatic heterocycles. The lowest BCUT2D eigenvalue weighted by atomic mass is 9.98. The van der Waals surface area contributed by atoms with Gasteiger partial charge in [0.15, 0.2) is 0 Å². The van der Waals surface area contributed by atoms with E-state index in [-0.39, 0.29) is 30.6 Å². The number of hydrogen-bond donors (Lipinski definition) is 3. The number of carboxylic acid groups (broad SMARTS) is 1. The lowest BCUT2D eigenvalue weighted by Gasteiger charge is -2.15. The first-order valence-corrected chi connectivity index (χ1v) is 12.4. The number of rotatable bonds is 10. The quantitative estimate of drug-likeness (QED) is 0.361. The molecule has 0 fully saturated rings. The Balaban J connectivity index is 1.28. The van der Waals surface area contributed by atoms with Crippen LogP contribution in [0.3, 0.4) is 0 Å². The predicted molar refractivity (Wildman–Crippen MR) is 137 cm³/mol. The summed E-state index contributed by atoms with van der Waals surface area (Å²) in [5.41, 5.74) is 5.93. The van der Waals surface area contributed by atoms with Crippen LogP contribution in [0.25, 0.3) is 11.1 Å². The minimum atomic E-state index is -0.873. The fourth-order valence-corrected chi connectivity index (χ4v) is 4.75.